The highest BCUT2D eigenvalue weighted by Crippen LogP contribution is 2.73. The van der Waals surface area contributed by atoms with Gasteiger partial charge in [-0.3, -0.25) is 9.59 Å². The molecule has 1 saturated carbocycles. The molecule has 5 unspecified atom stereocenters. The minimum atomic E-state index is -0.713. The van der Waals surface area contributed by atoms with E-state index >= 15 is 0 Å². The van der Waals surface area contributed by atoms with E-state index in [4.69, 9.17) is 4.74 Å². The van der Waals surface area contributed by atoms with Gasteiger partial charge < -0.3 is 9.84 Å². The first-order valence-electron chi connectivity index (χ1n) is 13.1. The fourth-order valence-electron chi connectivity index (χ4n) is 6.12. The molecule has 3 aliphatic rings. The zero-order chi connectivity index (χ0) is 26.3. The van der Waals surface area contributed by atoms with Gasteiger partial charge in [-0.1, -0.05) is 95.8 Å². The van der Waals surface area contributed by atoms with E-state index in [0.717, 1.165) is 17.6 Å². The number of ketones is 1. The summed E-state index contributed by atoms with van der Waals surface area (Å²) in [5, 5.41) is 10.6. The van der Waals surface area contributed by atoms with Gasteiger partial charge in [0.25, 0.3) is 0 Å². The molecule has 5 heteroatoms. The van der Waals surface area contributed by atoms with Gasteiger partial charge in [-0.2, -0.15) is 0 Å². The number of fused-ring (bicyclic) bond motifs is 1. The van der Waals surface area contributed by atoms with Crippen molar-refractivity contribution in [3.63, 3.8) is 0 Å². The standard InChI is InChI=1S/C31H40O4S/c1-20-30(5,6)31(20,19-29(2,3)4)27(33)15-13-23(32)18-35-24-14-12-22-16-25(21-10-8-7-9-11-21)28(34)36-26(22)17-24/h7-12,14,16-17,20,22-23,26,32H,13,15,18-19H2,1-6H3. The van der Waals surface area contributed by atoms with E-state index in [9.17, 15) is 14.7 Å². The van der Waals surface area contributed by atoms with Crippen molar-refractivity contribution in [3.05, 3.63) is 66.0 Å². The highest BCUT2D eigenvalue weighted by Gasteiger charge is 2.72. The minimum Gasteiger partial charge on any atom is -0.491 e. The Labute approximate surface area is 220 Å². The molecule has 0 radical (unpaired) electrons. The molecule has 4 nitrogen and oxygen atoms in total. The number of thioether (sulfide) groups is 1. The Kier molecular flexibility index (Phi) is 7.47. The summed E-state index contributed by atoms with van der Waals surface area (Å²) in [5.74, 6) is 1.41. The SMILES string of the molecule is CC1C(C)(C)C1(CC(C)(C)C)C(=O)CCC(O)COC1=CC2SC(=O)C(c3ccccc3)=CC2C=C1. The van der Waals surface area contributed by atoms with Crippen LogP contribution in [0.5, 0.6) is 0 Å². The van der Waals surface area contributed by atoms with Gasteiger partial charge in [0.15, 0.2) is 0 Å². The normalized spacial score (nSPS) is 29.6. The molecule has 4 rings (SSSR count). The first-order valence-corrected chi connectivity index (χ1v) is 14.0. The van der Waals surface area contributed by atoms with Crippen molar-refractivity contribution in [2.24, 2.45) is 28.1 Å². The van der Waals surface area contributed by atoms with Crippen LogP contribution in [0.2, 0.25) is 0 Å². The molecule has 194 valence electrons. The van der Waals surface area contributed by atoms with Crippen LogP contribution in [-0.4, -0.2) is 34.0 Å². The zero-order valence-corrected chi connectivity index (χ0v) is 23.2. The highest BCUT2D eigenvalue weighted by molar-refractivity contribution is 8.15. The van der Waals surface area contributed by atoms with Gasteiger partial charge in [-0.05, 0) is 47.3 Å². The van der Waals surface area contributed by atoms with Crippen molar-refractivity contribution in [1.29, 1.82) is 0 Å². The van der Waals surface area contributed by atoms with Crippen molar-refractivity contribution in [1.82, 2.24) is 0 Å². The van der Waals surface area contributed by atoms with Crippen molar-refractivity contribution in [2.75, 3.05) is 6.61 Å². The summed E-state index contributed by atoms with van der Waals surface area (Å²) in [6.45, 7) is 13.3. The topological polar surface area (TPSA) is 63.6 Å². The molecule has 0 aromatic heterocycles. The lowest BCUT2D eigenvalue weighted by Gasteiger charge is -2.29. The van der Waals surface area contributed by atoms with E-state index in [1.807, 2.05) is 48.6 Å². The summed E-state index contributed by atoms with van der Waals surface area (Å²) in [6.07, 6.45) is 8.91. The van der Waals surface area contributed by atoms with Gasteiger partial charge >= 0.3 is 0 Å². The number of rotatable bonds is 9. The molecular formula is C31H40O4S. The number of carbonyl (C=O) groups excluding carboxylic acids is 2. The summed E-state index contributed by atoms with van der Waals surface area (Å²) in [6, 6.07) is 9.75. The predicted octanol–water partition coefficient (Wildman–Crippen LogP) is 6.61. The average molecular weight is 509 g/mol. The second-order valence-corrected chi connectivity index (χ2v) is 13.6. The fourth-order valence-corrected chi connectivity index (χ4v) is 7.21. The third kappa shape index (κ3) is 5.28. The van der Waals surface area contributed by atoms with Crippen molar-refractivity contribution in [3.8, 4) is 0 Å². The Morgan fingerprint density at radius 1 is 1.17 bits per heavy atom. The van der Waals surface area contributed by atoms with Crippen molar-refractivity contribution in [2.45, 2.75) is 72.2 Å². The molecule has 1 fully saturated rings. The zero-order valence-electron chi connectivity index (χ0n) is 22.4. The summed E-state index contributed by atoms with van der Waals surface area (Å²) < 4.78 is 5.88. The van der Waals surface area contributed by atoms with E-state index in [1.54, 1.807) is 0 Å². The molecule has 1 heterocycles. The number of aliphatic hydroxyl groups excluding tert-OH is 1. The molecule has 0 bridgehead atoms. The predicted molar refractivity (Wildman–Crippen MR) is 147 cm³/mol. The first-order chi connectivity index (χ1) is 16.8. The van der Waals surface area contributed by atoms with Gasteiger partial charge in [-0.25, -0.2) is 0 Å². The summed E-state index contributed by atoms with van der Waals surface area (Å²) in [7, 11) is 0. The smallest absolute Gasteiger partial charge is 0.220 e. The maximum Gasteiger partial charge on any atom is 0.220 e. The van der Waals surface area contributed by atoms with E-state index in [0.29, 0.717) is 24.5 Å². The number of carbonyl (C=O) groups is 2. The van der Waals surface area contributed by atoms with Crippen LogP contribution in [0.25, 0.3) is 5.57 Å². The Morgan fingerprint density at radius 2 is 1.83 bits per heavy atom. The molecule has 1 N–H and O–H groups in total. The van der Waals surface area contributed by atoms with Gasteiger partial charge in [0.1, 0.15) is 18.1 Å². The number of ether oxygens (including phenoxy) is 1. The van der Waals surface area contributed by atoms with Crippen LogP contribution in [0.4, 0.5) is 0 Å². The maximum atomic E-state index is 13.3. The number of benzene rings is 1. The second kappa shape index (κ2) is 9.98. The fraction of sp³-hybridized carbons (Fsp3) is 0.548. The van der Waals surface area contributed by atoms with Crippen molar-refractivity contribution < 1.29 is 19.4 Å². The number of hydrogen-bond donors (Lipinski definition) is 1. The number of allylic oxidation sites excluding steroid dienone is 3. The lowest BCUT2D eigenvalue weighted by molar-refractivity contribution is -0.127. The van der Waals surface area contributed by atoms with Gasteiger partial charge in [0, 0.05) is 28.6 Å². The molecule has 1 aromatic rings. The maximum absolute atomic E-state index is 13.3. The van der Waals surface area contributed by atoms with E-state index in [1.165, 1.54) is 11.8 Å². The van der Waals surface area contributed by atoms with Gasteiger partial charge in [0.2, 0.25) is 5.12 Å². The summed E-state index contributed by atoms with van der Waals surface area (Å²) in [4.78, 5) is 26.1. The molecule has 0 amide bonds. The van der Waals surface area contributed by atoms with E-state index in [2.05, 4.69) is 47.6 Å². The van der Waals surface area contributed by atoms with Crippen LogP contribution in [0.1, 0.15) is 66.4 Å². The van der Waals surface area contributed by atoms with Crippen LogP contribution in [0.15, 0.2) is 60.4 Å². The lowest BCUT2D eigenvalue weighted by Crippen LogP contribution is -2.29. The molecule has 0 saturated heterocycles. The van der Waals surface area contributed by atoms with Crippen LogP contribution in [-0.2, 0) is 14.3 Å². The molecule has 5 atom stereocenters. The van der Waals surface area contributed by atoms with Crippen LogP contribution in [0.3, 0.4) is 0 Å². The Hall–Kier alpha value is -2.11. The van der Waals surface area contributed by atoms with Gasteiger partial charge in [0.05, 0.1) is 6.10 Å². The van der Waals surface area contributed by atoms with Crippen molar-refractivity contribution >= 4 is 28.2 Å². The van der Waals surface area contributed by atoms with Gasteiger partial charge in [-0.15, -0.1) is 0 Å². The third-order valence-electron chi connectivity index (χ3n) is 8.44. The van der Waals surface area contributed by atoms with Crippen LogP contribution in [0, 0.1) is 28.1 Å². The minimum absolute atomic E-state index is 0.00300. The number of hydrogen-bond acceptors (Lipinski definition) is 5. The number of aliphatic hydroxyl groups is 1. The highest BCUT2D eigenvalue weighted by atomic mass is 32.2. The van der Waals surface area contributed by atoms with Crippen LogP contribution < -0.4 is 0 Å². The Morgan fingerprint density at radius 3 is 2.44 bits per heavy atom. The van der Waals surface area contributed by atoms with E-state index in [-0.39, 0.29) is 44.9 Å². The molecular weight excluding hydrogens is 468 g/mol. The monoisotopic (exact) mass is 508 g/mol. The quantitative estimate of drug-likeness (QED) is 0.407. The largest absolute Gasteiger partial charge is 0.491 e. The average Bonchev–Trinajstić information content (AvgIpc) is 3.25. The first kappa shape index (κ1) is 26.9. The Balaban J connectivity index is 1.30. The Bertz CT molecular complexity index is 1090. The van der Waals surface area contributed by atoms with Crippen LogP contribution >= 0.6 is 11.8 Å². The summed E-state index contributed by atoms with van der Waals surface area (Å²) in [5.41, 5.74) is 1.47. The summed E-state index contributed by atoms with van der Waals surface area (Å²) >= 11 is 1.32. The molecule has 1 aromatic carbocycles. The molecule has 2 aliphatic carbocycles. The lowest BCUT2D eigenvalue weighted by atomic mass is 9.75. The second-order valence-electron chi connectivity index (χ2n) is 12.4. The molecule has 0 spiro atoms. The molecule has 36 heavy (non-hydrogen) atoms. The third-order valence-corrected chi connectivity index (χ3v) is 9.60. The molecule has 1 aliphatic heterocycles. The number of Topliss-reactive ketones (excluding diaryl/α,β-unsaturated/α-hetero) is 1. The van der Waals surface area contributed by atoms with E-state index < -0.39 is 6.10 Å².